The number of alkyl halides is 3. The van der Waals surface area contributed by atoms with Crippen LogP contribution in [-0.4, -0.2) is 39.7 Å². The molecule has 0 bridgehead atoms. The molecule has 2 atom stereocenters. The van der Waals surface area contributed by atoms with E-state index in [4.69, 9.17) is 4.74 Å². The lowest BCUT2D eigenvalue weighted by Crippen LogP contribution is -2.49. The molecule has 9 heteroatoms. The van der Waals surface area contributed by atoms with E-state index in [1.807, 2.05) is 0 Å². The predicted molar refractivity (Wildman–Crippen MR) is 127 cm³/mol. The summed E-state index contributed by atoms with van der Waals surface area (Å²) in [7, 11) is 0. The molecule has 2 aliphatic heterocycles. The van der Waals surface area contributed by atoms with Crippen molar-refractivity contribution in [1.82, 2.24) is 9.88 Å². The standard InChI is InChI=1S/C26H31F3N2O3S/c1-15(24(32)33)22(18-4-5-18)19-6-3-17-7-8-25(34-20(17)13-19)9-11-31(12-10-25)14-21-23(26(27,28)29)30-16(2)35-21/h3,6,13,15,18,22H,4-5,7-12,14H2,1-2H3,(H,32,33)/t15-,22-/m0/s1. The molecule has 0 radical (unpaired) electrons. The van der Waals surface area contributed by atoms with Gasteiger partial charge >= 0.3 is 12.1 Å². The van der Waals surface area contributed by atoms with Gasteiger partial charge in [-0.1, -0.05) is 19.1 Å². The van der Waals surface area contributed by atoms with E-state index in [2.05, 4.69) is 28.1 Å². The number of carboxylic acids is 1. The summed E-state index contributed by atoms with van der Waals surface area (Å²) in [5.74, 6) is 0.0408. The summed E-state index contributed by atoms with van der Waals surface area (Å²) in [5.41, 5.74) is 1.12. The molecule has 5 rings (SSSR count). The van der Waals surface area contributed by atoms with Crippen molar-refractivity contribution in [2.24, 2.45) is 11.8 Å². The summed E-state index contributed by atoms with van der Waals surface area (Å²) in [5, 5.41) is 10.1. The molecule has 1 aromatic heterocycles. The molecule has 3 heterocycles. The second-order valence-electron chi connectivity index (χ2n) is 10.4. The molecule has 1 saturated heterocycles. The van der Waals surface area contributed by atoms with Crippen LogP contribution in [0.2, 0.25) is 0 Å². The van der Waals surface area contributed by atoms with E-state index >= 15 is 0 Å². The molecule has 1 aromatic carbocycles. The molecule has 190 valence electrons. The lowest BCUT2D eigenvalue weighted by Gasteiger charge is -2.44. The van der Waals surface area contributed by atoms with Crippen LogP contribution in [0.1, 0.15) is 71.7 Å². The van der Waals surface area contributed by atoms with Gasteiger partial charge in [0.15, 0.2) is 5.69 Å². The Labute approximate surface area is 207 Å². The maximum Gasteiger partial charge on any atom is 0.434 e. The largest absolute Gasteiger partial charge is 0.487 e. The van der Waals surface area contributed by atoms with Crippen molar-refractivity contribution < 1.29 is 27.8 Å². The molecular weight excluding hydrogens is 477 g/mol. The van der Waals surface area contributed by atoms with E-state index in [0.29, 0.717) is 24.0 Å². The lowest BCUT2D eigenvalue weighted by atomic mass is 9.80. The minimum absolute atomic E-state index is 0.00758. The fourth-order valence-electron chi connectivity index (χ4n) is 5.78. The summed E-state index contributed by atoms with van der Waals surface area (Å²) < 4.78 is 46.7. The highest BCUT2D eigenvalue weighted by Gasteiger charge is 2.43. The number of benzene rings is 1. The number of aryl methyl sites for hydroxylation is 2. The monoisotopic (exact) mass is 508 g/mol. The van der Waals surface area contributed by atoms with Crippen molar-refractivity contribution in [3.63, 3.8) is 0 Å². The first-order chi connectivity index (χ1) is 16.5. The molecule has 35 heavy (non-hydrogen) atoms. The lowest BCUT2D eigenvalue weighted by molar-refractivity contribution is -0.142. The average molecular weight is 509 g/mol. The summed E-state index contributed by atoms with van der Waals surface area (Å²) >= 11 is 1.12. The number of halogens is 3. The van der Waals surface area contributed by atoms with Gasteiger partial charge in [0.2, 0.25) is 0 Å². The van der Waals surface area contributed by atoms with Crippen LogP contribution >= 0.6 is 11.3 Å². The third-order valence-corrected chi connectivity index (χ3v) is 8.87. The van der Waals surface area contributed by atoms with Crippen molar-refractivity contribution in [2.75, 3.05) is 13.1 Å². The Hall–Kier alpha value is -2.13. The van der Waals surface area contributed by atoms with E-state index < -0.39 is 23.8 Å². The SMILES string of the molecule is Cc1nc(C(F)(F)F)c(CN2CCC3(CCc4ccc([C@H](C5CC5)[C@H](C)C(=O)O)cc4O3)CC2)s1. The molecule has 5 nitrogen and oxygen atoms in total. The van der Waals surface area contributed by atoms with Gasteiger partial charge in [-0.2, -0.15) is 13.2 Å². The molecule has 0 unspecified atom stereocenters. The molecule has 0 amide bonds. The average Bonchev–Trinajstić information content (AvgIpc) is 3.55. The number of likely N-dealkylation sites (tertiary alicyclic amines) is 1. The number of carbonyl (C=O) groups is 1. The molecular formula is C26H31F3N2O3S. The van der Waals surface area contributed by atoms with Crippen LogP contribution in [0.25, 0.3) is 0 Å². The minimum Gasteiger partial charge on any atom is -0.487 e. The van der Waals surface area contributed by atoms with Crippen LogP contribution < -0.4 is 4.74 Å². The highest BCUT2D eigenvalue weighted by atomic mass is 32.1. The van der Waals surface area contributed by atoms with Crippen molar-refractivity contribution in [3.8, 4) is 5.75 Å². The van der Waals surface area contributed by atoms with Crippen LogP contribution in [0, 0.1) is 18.8 Å². The molecule has 1 N–H and O–H groups in total. The zero-order chi connectivity index (χ0) is 25.0. The van der Waals surface area contributed by atoms with E-state index in [9.17, 15) is 23.1 Å². The number of aliphatic carboxylic acids is 1. The zero-order valence-electron chi connectivity index (χ0n) is 20.0. The second kappa shape index (κ2) is 9.07. The molecule has 1 saturated carbocycles. The molecule has 3 aliphatic rings. The number of piperidine rings is 1. The number of carboxylic acid groups (broad SMARTS) is 1. The number of rotatable bonds is 6. The van der Waals surface area contributed by atoms with Gasteiger partial charge in [-0.3, -0.25) is 9.69 Å². The first-order valence-corrected chi connectivity index (χ1v) is 13.2. The van der Waals surface area contributed by atoms with Crippen LogP contribution in [0.5, 0.6) is 5.75 Å². The normalized spacial score (nSPS) is 21.9. The van der Waals surface area contributed by atoms with Crippen LogP contribution in [-0.2, 0) is 23.9 Å². The van der Waals surface area contributed by atoms with Gasteiger partial charge < -0.3 is 9.84 Å². The van der Waals surface area contributed by atoms with E-state index in [1.54, 1.807) is 13.8 Å². The Morgan fingerprint density at radius 2 is 2.00 bits per heavy atom. The predicted octanol–water partition coefficient (Wildman–Crippen LogP) is 6.04. The van der Waals surface area contributed by atoms with Crippen LogP contribution in [0.3, 0.4) is 0 Å². The first kappa shape index (κ1) is 24.6. The smallest absolute Gasteiger partial charge is 0.434 e. The zero-order valence-corrected chi connectivity index (χ0v) is 20.8. The number of aromatic nitrogens is 1. The number of hydrogen-bond donors (Lipinski definition) is 1. The highest BCUT2D eigenvalue weighted by Crippen LogP contribution is 2.49. The Morgan fingerprint density at radius 3 is 2.63 bits per heavy atom. The van der Waals surface area contributed by atoms with E-state index in [0.717, 1.165) is 66.7 Å². The van der Waals surface area contributed by atoms with Crippen molar-refractivity contribution in [2.45, 2.75) is 76.6 Å². The molecule has 1 spiro atoms. The molecule has 1 aliphatic carbocycles. The Bertz CT molecular complexity index is 1100. The van der Waals surface area contributed by atoms with Crippen molar-refractivity contribution >= 4 is 17.3 Å². The summed E-state index contributed by atoms with van der Waals surface area (Å²) in [4.78, 5) is 17.8. The number of thiazole rings is 1. The van der Waals surface area contributed by atoms with Crippen LogP contribution in [0.15, 0.2) is 18.2 Å². The summed E-state index contributed by atoms with van der Waals surface area (Å²) in [6.45, 7) is 5.00. The van der Waals surface area contributed by atoms with Crippen molar-refractivity contribution in [1.29, 1.82) is 0 Å². The maximum atomic E-state index is 13.4. The number of nitrogens with zero attached hydrogens (tertiary/aromatic N) is 2. The fraction of sp³-hybridized carbons (Fsp3) is 0.615. The number of ether oxygens (including phenoxy) is 1. The van der Waals surface area contributed by atoms with E-state index in [1.165, 1.54) is 0 Å². The van der Waals surface area contributed by atoms with Crippen LogP contribution in [0.4, 0.5) is 13.2 Å². The number of hydrogen-bond acceptors (Lipinski definition) is 5. The van der Waals surface area contributed by atoms with Crippen molar-refractivity contribution in [3.05, 3.63) is 44.9 Å². The van der Waals surface area contributed by atoms with Gasteiger partial charge in [0.25, 0.3) is 0 Å². The third-order valence-electron chi connectivity index (χ3n) is 7.92. The maximum absolute atomic E-state index is 13.4. The molecule has 2 aromatic rings. The Balaban J connectivity index is 1.28. The Morgan fingerprint density at radius 1 is 1.29 bits per heavy atom. The number of fused-ring (bicyclic) bond motifs is 1. The highest BCUT2D eigenvalue weighted by molar-refractivity contribution is 7.11. The van der Waals surface area contributed by atoms with Gasteiger partial charge in [0.05, 0.1) is 15.8 Å². The topological polar surface area (TPSA) is 62.7 Å². The third kappa shape index (κ3) is 5.07. The Kier molecular flexibility index (Phi) is 6.36. The summed E-state index contributed by atoms with van der Waals surface area (Å²) in [6, 6.07) is 6.21. The molecule has 2 fully saturated rings. The summed E-state index contributed by atoms with van der Waals surface area (Å²) in [6.07, 6.45) is 0.996. The first-order valence-electron chi connectivity index (χ1n) is 12.4. The van der Waals surface area contributed by atoms with Gasteiger partial charge in [0.1, 0.15) is 11.4 Å². The minimum atomic E-state index is -4.43. The van der Waals surface area contributed by atoms with Gasteiger partial charge in [-0.25, -0.2) is 4.98 Å². The van der Waals surface area contributed by atoms with Gasteiger partial charge in [0, 0.05) is 19.6 Å². The fourth-order valence-corrected chi connectivity index (χ4v) is 6.78. The second-order valence-corrected chi connectivity index (χ2v) is 11.7. The van der Waals surface area contributed by atoms with Gasteiger partial charge in [-0.15, -0.1) is 11.3 Å². The quantitative estimate of drug-likeness (QED) is 0.515. The van der Waals surface area contributed by atoms with Gasteiger partial charge in [-0.05, 0) is 74.5 Å². The van der Waals surface area contributed by atoms with E-state index in [-0.39, 0.29) is 22.9 Å².